The summed E-state index contributed by atoms with van der Waals surface area (Å²) in [5.74, 6) is -3.18. The van der Waals surface area contributed by atoms with Gasteiger partial charge in [-0.15, -0.1) is 0 Å². The number of aromatic hydroxyl groups is 1. The number of hydrogen-bond donors (Lipinski definition) is 1. The average molecular weight is 536 g/mol. The van der Waals surface area contributed by atoms with Crippen LogP contribution in [-0.4, -0.2) is 54.3 Å². The van der Waals surface area contributed by atoms with E-state index in [1.807, 2.05) is 43.3 Å². The topological polar surface area (TPSA) is 102 Å². The third-order valence-electron chi connectivity index (χ3n) is 7.71. The molecule has 0 saturated carbocycles. The van der Waals surface area contributed by atoms with Gasteiger partial charge in [-0.25, -0.2) is 9.18 Å². The highest BCUT2D eigenvalue weighted by atomic mass is 19.1. The predicted octanol–water partition coefficient (Wildman–Crippen LogP) is 4.88. The lowest BCUT2D eigenvalue weighted by Crippen LogP contribution is -2.38. The molecule has 0 unspecified atom stereocenters. The number of phenols is 1. The van der Waals surface area contributed by atoms with Crippen LogP contribution in [0.5, 0.6) is 11.5 Å². The third kappa shape index (κ3) is 5.18. The van der Waals surface area contributed by atoms with Gasteiger partial charge < -0.3 is 19.3 Å². The number of likely N-dealkylation sites (tertiary alicyclic amines) is 1. The number of fused-ring (bicyclic) bond motifs is 3. The highest BCUT2D eigenvalue weighted by Crippen LogP contribution is 2.50. The maximum absolute atomic E-state index is 13.8. The summed E-state index contributed by atoms with van der Waals surface area (Å²) in [4.78, 5) is 39.2. The maximum Gasteiger partial charge on any atom is 0.423 e. The number of ether oxygens (including phenoxy) is 3. The Bertz CT molecular complexity index is 1350. The lowest BCUT2D eigenvalue weighted by molar-refractivity contribution is -0.137. The van der Waals surface area contributed by atoms with E-state index in [4.69, 9.17) is 14.2 Å². The number of halogens is 1. The summed E-state index contributed by atoms with van der Waals surface area (Å²) in [6.07, 6.45) is 2.15. The summed E-state index contributed by atoms with van der Waals surface area (Å²) in [5.41, 5.74) is 3.50. The fourth-order valence-corrected chi connectivity index (χ4v) is 5.89. The quantitative estimate of drug-likeness (QED) is 0.398. The molecule has 0 spiro atoms. The number of nitrogens with zero attached hydrogens (tertiary/aromatic N) is 1. The van der Waals surface area contributed by atoms with E-state index in [0.29, 0.717) is 35.5 Å². The van der Waals surface area contributed by atoms with Crippen molar-refractivity contribution in [3.05, 3.63) is 76.6 Å². The molecule has 9 heteroatoms. The Labute approximate surface area is 225 Å². The summed E-state index contributed by atoms with van der Waals surface area (Å²) >= 11 is 0. The van der Waals surface area contributed by atoms with E-state index >= 15 is 0 Å². The molecule has 39 heavy (non-hydrogen) atoms. The van der Waals surface area contributed by atoms with Gasteiger partial charge in [-0.2, -0.15) is 4.90 Å². The van der Waals surface area contributed by atoms with Crippen molar-refractivity contribution in [3.63, 3.8) is 0 Å². The molecule has 5 rings (SSSR count). The van der Waals surface area contributed by atoms with Crippen molar-refractivity contribution in [1.29, 1.82) is 0 Å². The first-order chi connectivity index (χ1) is 18.8. The van der Waals surface area contributed by atoms with E-state index in [-0.39, 0.29) is 25.2 Å². The SMILES string of the molecule is COC(=O)N1C(=O)[C@@H]2[C@@H](CC(COc3ccccc3)=C3[C@@H](CC/C(C)=C/c4ccc(O)c(F)c4)OC[C@@H]32)C1=O. The fourth-order valence-electron chi connectivity index (χ4n) is 5.89. The summed E-state index contributed by atoms with van der Waals surface area (Å²) in [5, 5.41) is 9.44. The van der Waals surface area contributed by atoms with Gasteiger partial charge in [0.05, 0.1) is 31.7 Å². The van der Waals surface area contributed by atoms with Gasteiger partial charge >= 0.3 is 6.09 Å². The lowest BCUT2D eigenvalue weighted by Gasteiger charge is -2.31. The number of carbonyl (C=O) groups excluding carboxylic acids is 3. The van der Waals surface area contributed by atoms with Crippen molar-refractivity contribution in [2.45, 2.75) is 32.3 Å². The number of hydrogen-bond acceptors (Lipinski definition) is 7. The van der Waals surface area contributed by atoms with E-state index in [9.17, 15) is 23.9 Å². The standard InChI is InChI=1S/C30H30FNO7/c1-17(12-18-9-10-24(33)23(31)13-18)8-11-25-26-19(15-38-20-6-4-3-5-7-20)14-21-27(22(26)16-39-25)29(35)32(28(21)34)30(36)37-2/h3-7,9-10,12-13,21-22,25,27,33H,8,11,14-16H2,1-2H3/b17-12+/t21-,22+,25-,27-/m1/s1. The van der Waals surface area contributed by atoms with Crippen molar-refractivity contribution in [2.75, 3.05) is 20.3 Å². The Hall–Kier alpha value is -3.98. The number of para-hydroxylation sites is 1. The van der Waals surface area contributed by atoms with Crippen molar-refractivity contribution >= 4 is 24.0 Å². The lowest BCUT2D eigenvalue weighted by atomic mass is 9.69. The Morgan fingerprint density at radius 2 is 1.92 bits per heavy atom. The Morgan fingerprint density at radius 1 is 1.15 bits per heavy atom. The number of benzene rings is 2. The van der Waals surface area contributed by atoms with E-state index in [2.05, 4.69) is 0 Å². The normalized spacial score (nSPS) is 24.6. The van der Waals surface area contributed by atoms with Crippen LogP contribution in [-0.2, 0) is 19.1 Å². The largest absolute Gasteiger partial charge is 0.505 e. The molecule has 1 aliphatic carbocycles. The summed E-state index contributed by atoms with van der Waals surface area (Å²) in [6.45, 7) is 2.44. The predicted molar refractivity (Wildman–Crippen MR) is 139 cm³/mol. The van der Waals surface area contributed by atoms with Crippen molar-refractivity contribution in [3.8, 4) is 11.5 Å². The Kier molecular flexibility index (Phi) is 7.52. The molecule has 2 saturated heterocycles. The van der Waals surface area contributed by atoms with Crippen LogP contribution in [0.15, 0.2) is 65.3 Å². The average Bonchev–Trinajstić information content (AvgIpc) is 3.46. The zero-order chi connectivity index (χ0) is 27.7. The number of carbonyl (C=O) groups is 3. The molecule has 0 aromatic heterocycles. The van der Waals surface area contributed by atoms with Crippen molar-refractivity contribution in [2.24, 2.45) is 17.8 Å². The van der Waals surface area contributed by atoms with Crippen LogP contribution in [0.3, 0.4) is 0 Å². The second-order valence-corrected chi connectivity index (χ2v) is 10.1. The summed E-state index contributed by atoms with van der Waals surface area (Å²) in [7, 11) is 1.14. The van der Waals surface area contributed by atoms with E-state index in [1.54, 1.807) is 6.07 Å². The van der Waals surface area contributed by atoms with Crippen LogP contribution in [0, 0.1) is 23.6 Å². The molecule has 3 amide bonds. The van der Waals surface area contributed by atoms with Gasteiger partial charge in [-0.05, 0) is 67.2 Å². The molecule has 0 radical (unpaired) electrons. The van der Waals surface area contributed by atoms with Gasteiger partial charge in [0.15, 0.2) is 11.6 Å². The zero-order valence-corrected chi connectivity index (χ0v) is 21.8. The van der Waals surface area contributed by atoms with Gasteiger partial charge in [0.25, 0.3) is 0 Å². The molecule has 3 aliphatic rings. The van der Waals surface area contributed by atoms with Crippen LogP contribution >= 0.6 is 0 Å². The van der Waals surface area contributed by atoms with E-state index < -0.39 is 41.3 Å². The number of rotatable bonds is 7. The molecular weight excluding hydrogens is 505 g/mol. The van der Waals surface area contributed by atoms with Crippen LogP contribution in [0.25, 0.3) is 6.08 Å². The molecule has 1 N–H and O–H groups in total. The molecule has 4 atom stereocenters. The number of phenolic OH excluding ortho intramolecular Hbond substituents is 1. The third-order valence-corrected chi connectivity index (χ3v) is 7.71. The molecule has 8 nitrogen and oxygen atoms in total. The van der Waals surface area contributed by atoms with Gasteiger partial charge in [0, 0.05) is 5.92 Å². The first kappa shape index (κ1) is 26.6. The van der Waals surface area contributed by atoms with Crippen LogP contribution in [0.4, 0.5) is 9.18 Å². The van der Waals surface area contributed by atoms with Crippen LogP contribution in [0.1, 0.15) is 31.7 Å². The first-order valence-corrected chi connectivity index (χ1v) is 12.9. The smallest absolute Gasteiger partial charge is 0.423 e. The second-order valence-electron chi connectivity index (χ2n) is 10.1. The highest BCUT2D eigenvalue weighted by molar-refractivity contribution is 6.16. The molecule has 2 aromatic rings. The molecule has 2 aromatic carbocycles. The van der Waals surface area contributed by atoms with Crippen molar-refractivity contribution < 1.29 is 38.1 Å². The highest BCUT2D eigenvalue weighted by Gasteiger charge is 2.59. The fraction of sp³-hybridized carbons (Fsp3) is 0.367. The van der Waals surface area contributed by atoms with E-state index in [1.165, 1.54) is 12.1 Å². The molecule has 2 heterocycles. The molecular formula is C30H30FNO7. The van der Waals surface area contributed by atoms with Gasteiger partial charge in [-0.1, -0.05) is 35.9 Å². The van der Waals surface area contributed by atoms with Gasteiger partial charge in [0.1, 0.15) is 12.4 Å². The molecule has 204 valence electrons. The number of imide groups is 3. The first-order valence-electron chi connectivity index (χ1n) is 12.9. The second kappa shape index (κ2) is 11.0. The summed E-state index contributed by atoms with van der Waals surface area (Å²) in [6, 6.07) is 13.6. The summed E-state index contributed by atoms with van der Waals surface area (Å²) < 4.78 is 30.7. The van der Waals surface area contributed by atoms with Gasteiger partial charge in [0.2, 0.25) is 11.8 Å². The number of methoxy groups -OCH3 is 1. The Balaban J connectivity index is 1.39. The number of amides is 3. The molecule has 0 bridgehead atoms. The van der Waals surface area contributed by atoms with Crippen molar-refractivity contribution in [1.82, 2.24) is 4.90 Å². The minimum atomic E-state index is -0.968. The monoisotopic (exact) mass is 535 g/mol. The van der Waals surface area contributed by atoms with E-state index in [0.717, 1.165) is 23.8 Å². The maximum atomic E-state index is 13.8. The zero-order valence-electron chi connectivity index (χ0n) is 21.8. The molecule has 2 fully saturated rings. The van der Waals surface area contributed by atoms with Crippen LogP contribution in [0.2, 0.25) is 0 Å². The minimum absolute atomic E-state index is 0.236. The minimum Gasteiger partial charge on any atom is -0.505 e. The van der Waals surface area contributed by atoms with Crippen LogP contribution < -0.4 is 4.74 Å². The number of allylic oxidation sites excluding steroid dienone is 1. The molecule has 2 aliphatic heterocycles. The Morgan fingerprint density at radius 3 is 2.64 bits per heavy atom. The van der Waals surface area contributed by atoms with Gasteiger partial charge in [-0.3, -0.25) is 9.59 Å².